The molecular weight excluding hydrogens is 274 g/mol. The molecule has 2 aromatic rings. The zero-order valence-electron chi connectivity index (χ0n) is 10.7. The highest BCUT2D eigenvalue weighted by atomic mass is 19.4. The van der Waals surface area contributed by atoms with Crippen LogP contribution in [-0.4, -0.2) is 16.8 Å². The highest BCUT2D eigenvalue weighted by Crippen LogP contribution is 2.32. The summed E-state index contributed by atoms with van der Waals surface area (Å²) >= 11 is 0. The maximum Gasteiger partial charge on any atom is 0.433 e. The van der Waals surface area contributed by atoms with Crippen molar-refractivity contribution >= 4 is 0 Å². The van der Waals surface area contributed by atoms with Crippen molar-refractivity contribution in [3.05, 3.63) is 53.1 Å². The average molecular weight is 287 g/mol. The largest absolute Gasteiger partial charge is 0.433 e. The summed E-state index contributed by atoms with van der Waals surface area (Å²) in [6.45, 7) is -0.0612. The Morgan fingerprint density at radius 3 is 2.65 bits per heavy atom. The summed E-state index contributed by atoms with van der Waals surface area (Å²) in [6.07, 6.45) is -3.32. The van der Waals surface area contributed by atoms with Crippen LogP contribution in [0.3, 0.4) is 0 Å². The van der Waals surface area contributed by atoms with Gasteiger partial charge in [-0.1, -0.05) is 12.1 Å². The number of nitrogens with one attached hydrogen (secondary N) is 1. The lowest BCUT2D eigenvalue weighted by Crippen LogP contribution is -2.19. The molecule has 0 aliphatic rings. The van der Waals surface area contributed by atoms with Crippen molar-refractivity contribution in [2.75, 3.05) is 7.05 Å². The molecule has 0 bridgehead atoms. The minimum absolute atomic E-state index is 0.0661. The first-order chi connectivity index (χ1) is 9.41. The Kier molecular flexibility index (Phi) is 4.08. The normalized spacial score (nSPS) is 11.8. The Labute approximate surface area is 113 Å². The third-order valence-corrected chi connectivity index (χ3v) is 2.77. The van der Waals surface area contributed by atoms with Gasteiger partial charge in [-0.3, -0.25) is 4.68 Å². The summed E-state index contributed by atoms with van der Waals surface area (Å²) < 4.78 is 53.2. The van der Waals surface area contributed by atoms with E-state index in [0.29, 0.717) is 5.56 Å². The van der Waals surface area contributed by atoms with E-state index in [4.69, 9.17) is 0 Å². The molecule has 0 spiro atoms. The van der Waals surface area contributed by atoms with E-state index in [9.17, 15) is 17.6 Å². The number of hydrogen-bond acceptors (Lipinski definition) is 2. The number of nitrogens with zero attached hydrogens (tertiary/aromatic N) is 2. The lowest BCUT2D eigenvalue weighted by molar-refractivity contribution is -0.144. The minimum Gasteiger partial charge on any atom is -0.316 e. The molecule has 1 N–H and O–H groups in total. The fraction of sp³-hybridized carbons (Fsp3) is 0.308. The van der Waals surface area contributed by atoms with Gasteiger partial charge < -0.3 is 5.32 Å². The number of aromatic nitrogens is 2. The molecule has 1 heterocycles. The molecule has 0 saturated carbocycles. The second-order valence-corrected chi connectivity index (χ2v) is 4.33. The van der Waals surface area contributed by atoms with E-state index in [1.165, 1.54) is 24.4 Å². The van der Waals surface area contributed by atoms with Crippen LogP contribution in [0.5, 0.6) is 0 Å². The van der Waals surface area contributed by atoms with Gasteiger partial charge in [0.15, 0.2) is 0 Å². The van der Waals surface area contributed by atoms with Gasteiger partial charge in [-0.05, 0) is 24.7 Å². The number of alkyl halides is 3. The molecule has 0 amide bonds. The Morgan fingerprint density at radius 1 is 1.30 bits per heavy atom. The van der Waals surface area contributed by atoms with Crippen LogP contribution in [0, 0.1) is 5.82 Å². The van der Waals surface area contributed by atoms with Gasteiger partial charge in [-0.25, -0.2) is 4.39 Å². The lowest BCUT2D eigenvalue weighted by Gasteiger charge is -2.12. The summed E-state index contributed by atoms with van der Waals surface area (Å²) in [7, 11) is 1.56. The molecule has 7 heteroatoms. The minimum atomic E-state index is -4.50. The molecule has 1 aromatic heterocycles. The van der Waals surface area contributed by atoms with Crippen LogP contribution >= 0.6 is 0 Å². The van der Waals surface area contributed by atoms with Gasteiger partial charge in [-0.2, -0.15) is 18.3 Å². The fourth-order valence-electron chi connectivity index (χ4n) is 2.00. The van der Waals surface area contributed by atoms with Crippen LogP contribution in [0.25, 0.3) is 0 Å². The van der Waals surface area contributed by atoms with E-state index in [1.807, 2.05) is 0 Å². The molecule has 2 rings (SSSR count). The van der Waals surface area contributed by atoms with Crippen LogP contribution in [0.2, 0.25) is 0 Å². The van der Waals surface area contributed by atoms with Crippen molar-refractivity contribution in [2.24, 2.45) is 0 Å². The second kappa shape index (κ2) is 5.62. The van der Waals surface area contributed by atoms with Gasteiger partial charge in [0.2, 0.25) is 0 Å². The third-order valence-electron chi connectivity index (χ3n) is 2.77. The number of benzene rings is 1. The zero-order valence-corrected chi connectivity index (χ0v) is 10.7. The van der Waals surface area contributed by atoms with Crippen LogP contribution in [0.1, 0.15) is 16.8 Å². The van der Waals surface area contributed by atoms with Gasteiger partial charge in [0.1, 0.15) is 11.5 Å². The average Bonchev–Trinajstić information content (AvgIpc) is 2.72. The van der Waals surface area contributed by atoms with Crippen molar-refractivity contribution < 1.29 is 17.6 Å². The summed E-state index contributed by atoms with van der Waals surface area (Å²) in [5.74, 6) is -0.487. The molecule has 20 heavy (non-hydrogen) atoms. The molecule has 0 aliphatic heterocycles. The van der Waals surface area contributed by atoms with E-state index in [-0.39, 0.29) is 18.7 Å². The Balaban J connectivity index is 2.37. The summed E-state index contributed by atoms with van der Waals surface area (Å²) in [5, 5.41) is 6.43. The van der Waals surface area contributed by atoms with Gasteiger partial charge in [-0.15, -0.1) is 0 Å². The Morgan fingerprint density at radius 2 is 2.05 bits per heavy atom. The van der Waals surface area contributed by atoms with Crippen molar-refractivity contribution in [3.63, 3.8) is 0 Å². The molecule has 0 aliphatic carbocycles. The molecule has 1 aromatic carbocycles. The molecule has 0 saturated heterocycles. The fourth-order valence-corrected chi connectivity index (χ4v) is 2.00. The maximum absolute atomic E-state index is 13.1. The molecule has 3 nitrogen and oxygen atoms in total. The Bertz CT molecular complexity index is 590. The molecule has 108 valence electrons. The van der Waals surface area contributed by atoms with E-state index in [1.54, 1.807) is 13.1 Å². The van der Waals surface area contributed by atoms with Crippen LogP contribution in [-0.2, 0) is 19.3 Å². The molecule has 0 unspecified atom stereocenters. The number of halogens is 4. The van der Waals surface area contributed by atoms with Gasteiger partial charge in [0.05, 0.1) is 12.7 Å². The molecule has 0 fully saturated rings. The van der Waals surface area contributed by atoms with E-state index in [2.05, 4.69) is 10.4 Å². The van der Waals surface area contributed by atoms with Crippen LogP contribution < -0.4 is 5.32 Å². The molecule has 0 radical (unpaired) electrons. The van der Waals surface area contributed by atoms with Crippen LogP contribution in [0.15, 0.2) is 30.5 Å². The van der Waals surface area contributed by atoms with E-state index < -0.39 is 17.7 Å². The van der Waals surface area contributed by atoms with Crippen molar-refractivity contribution in [1.29, 1.82) is 0 Å². The van der Waals surface area contributed by atoms with Gasteiger partial charge in [0, 0.05) is 12.1 Å². The van der Waals surface area contributed by atoms with E-state index >= 15 is 0 Å². The molecule has 0 atom stereocenters. The maximum atomic E-state index is 13.1. The predicted molar refractivity (Wildman–Crippen MR) is 65.5 cm³/mol. The topological polar surface area (TPSA) is 29.9 Å². The number of hydrogen-bond donors (Lipinski definition) is 1. The molecular formula is C13H13F4N3. The SMILES string of the molecule is CNCc1cnn(Cc2cccc(F)c2)c1C(F)(F)F. The first kappa shape index (κ1) is 14.5. The second-order valence-electron chi connectivity index (χ2n) is 4.33. The first-order valence-electron chi connectivity index (χ1n) is 5.92. The van der Waals surface area contributed by atoms with Crippen molar-refractivity contribution in [1.82, 2.24) is 15.1 Å². The van der Waals surface area contributed by atoms with Crippen LogP contribution in [0.4, 0.5) is 17.6 Å². The summed E-state index contributed by atoms with van der Waals surface area (Å²) in [5.41, 5.74) is -0.317. The quantitative estimate of drug-likeness (QED) is 0.876. The summed E-state index contributed by atoms with van der Waals surface area (Å²) in [4.78, 5) is 0. The number of rotatable bonds is 4. The highest BCUT2D eigenvalue weighted by Gasteiger charge is 2.37. The lowest BCUT2D eigenvalue weighted by atomic mass is 10.2. The standard InChI is InChI=1S/C13H13F4N3/c1-18-6-10-7-19-20(12(10)13(15,16)17)8-9-3-2-4-11(14)5-9/h2-5,7,18H,6,8H2,1H3. The monoisotopic (exact) mass is 287 g/mol. The van der Waals surface area contributed by atoms with Crippen molar-refractivity contribution in [3.8, 4) is 0 Å². The Hall–Kier alpha value is -1.89. The zero-order chi connectivity index (χ0) is 14.8. The van der Waals surface area contributed by atoms with E-state index in [0.717, 1.165) is 4.68 Å². The predicted octanol–water partition coefficient (Wildman–Crippen LogP) is 2.81. The third kappa shape index (κ3) is 3.16. The van der Waals surface area contributed by atoms with Gasteiger partial charge in [0.25, 0.3) is 0 Å². The van der Waals surface area contributed by atoms with Crippen molar-refractivity contribution in [2.45, 2.75) is 19.3 Å². The van der Waals surface area contributed by atoms with Gasteiger partial charge >= 0.3 is 6.18 Å². The summed E-state index contributed by atoms with van der Waals surface area (Å²) in [6, 6.07) is 5.45. The first-order valence-corrected chi connectivity index (χ1v) is 5.92. The highest BCUT2D eigenvalue weighted by molar-refractivity contribution is 5.23. The smallest absolute Gasteiger partial charge is 0.316 e.